The number of nitrogens with two attached hydrogens (primary N) is 1. The van der Waals surface area contributed by atoms with Crippen molar-refractivity contribution >= 4 is 11.6 Å². The summed E-state index contributed by atoms with van der Waals surface area (Å²) in [5.41, 5.74) is 3.53. The van der Waals surface area contributed by atoms with E-state index in [9.17, 15) is 0 Å². The summed E-state index contributed by atoms with van der Waals surface area (Å²) in [6.45, 7) is 2.85. The fourth-order valence-electron chi connectivity index (χ4n) is 2.00. The van der Waals surface area contributed by atoms with E-state index in [-0.39, 0.29) is 6.04 Å². The van der Waals surface area contributed by atoms with E-state index in [1.807, 2.05) is 4.68 Å². The van der Waals surface area contributed by atoms with E-state index in [4.69, 9.17) is 26.6 Å². The number of nitrogens with one attached hydrogen (secondary N) is 1. The van der Waals surface area contributed by atoms with Crippen molar-refractivity contribution in [1.82, 2.24) is 15.2 Å². The molecule has 2 heterocycles. The number of rotatable bonds is 6. The van der Waals surface area contributed by atoms with Gasteiger partial charge in [0, 0.05) is 6.54 Å². The monoisotopic (exact) mass is 284 g/mol. The van der Waals surface area contributed by atoms with Crippen LogP contribution in [0.5, 0.6) is 5.75 Å². The first-order chi connectivity index (χ1) is 9.21. The van der Waals surface area contributed by atoms with Crippen LogP contribution in [0.2, 0.25) is 5.22 Å². The second-order valence-corrected chi connectivity index (χ2v) is 4.44. The quantitative estimate of drug-likeness (QED) is 0.627. The number of aromatic nitrogens is 2. The molecule has 0 saturated heterocycles. The van der Waals surface area contributed by atoms with Crippen molar-refractivity contribution in [3.8, 4) is 5.75 Å². The fraction of sp³-hybridized carbons (Fsp3) is 0.417. The molecular weight excluding hydrogens is 268 g/mol. The van der Waals surface area contributed by atoms with Crippen LogP contribution in [0.1, 0.15) is 30.8 Å². The molecule has 0 radical (unpaired) electrons. The Labute approximate surface area is 116 Å². The van der Waals surface area contributed by atoms with Gasteiger partial charge in [0.1, 0.15) is 17.5 Å². The Balaban J connectivity index is 2.44. The Morgan fingerprint density at radius 1 is 1.58 bits per heavy atom. The molecule has 1 unspecified atom stereocenters. The van der Waals surface area contributed by atoms with E-state index >= 15 is 0 Å². The largest absolute Gasteiger partial charge is 0.493 e. The number of nitrogens with zero attached hydrogens (tertiary/aromatic N) is 2. The lowest BCUT2D eigenvalue weighted by Gasteiger charge is -2.16. The molecule has 0 saturated carbocycles. The SMILES string of the molecule is CCCn1ncc(OC)c1C(NN)c1ccc(Cl)o1. The summed E-state index contributed by atoms with van der Waals surface area (Å²) in [6, 6.07) is 3.08. The highest BCUT2D eigenvalue weighted by Gasteiger charge is 2.25. The molecule has 0 aliphatic carbocycles. The van der Waals surface area contributed by atoms with Gasteiger partial charge in [0.25, 0.3) is 0 Å². The van der Waals surface area contributed by atoms with Gasteiger partial charge in [0.05, 0.1) is 13.3 Å². The highest BCUT2D eigenvalue weighted by atomic mass is 35.5. The van der Waals surface area contributed by atoms with Gasteiger partial charge in [-0.05, 0) is 30.2 Å². The summed E-state index contributed by atoms with van der Waals surface area (Å²) >= 11 is 5.81. The summed E-state index contributed by atoms with van der Waals surface area (Å²) in [4.78, 5) is 0. The molecule has 0 fully saturated rings. The maximum absolute atomic E-state index is 5.81. The number of hydrogen-bond donors (Lipinski definition) is 2. The highest BCUT2D eigenvalue weighted by Crippen LogP contribution is 2.31. The first kappa shape index (κ1) is 13.9. The number of halogens is 1. The van der Waals surface area contributed by atoms with Gasteiger partial charge in [0.2, 0.25) is 0 Å². The molecule has 104 valence electrons. The first-order valence-electron chi connectivity index (χ1n) is 6.02. The van der Waals surface area contributed by atoms with E-state index in [0.29, 0.717) is 16.7 Å². The van der Waals surface area contributed by atoms with E-state index in [0.717, 1.165) is 18.7 Å². The first-order valence-corrected chi connectivity index (χ1v) is 6.40. The third kappa shape index (κ3) is 2.75. The highest BCUT2D eigenvalue weighted by molar-refractivity contribution is 6.28. The predicted molar refractivity (Wildman–Crippen MR) is 72.0 cm³/mol. The van der Waals surface area contributed by atoms with E-state index in [1.54, 1.807) is 25.4 Å². The van der Waals surface area contributed by atoms with Crippen LogP contribution >= 0.6 is 11.6 Å². The summed E-state index contributed by atoms with van der Waals surface area (Å²) in [7, 11) is 1.60. The minimum absolute atomic E-state index is 0.316. The van der Waals surface area contributed by atoms with Crippen LogP contribution in [0, 0.1) is 0 Å². The van der Waals surface area contributed by atoms with E-state index in [2.05, 4.69) is 17.4 Å². The van der Waals surface area contributed by atoms with Crippen molar-refractivity contribution in [2.75, 3.05) is 7.11 Å². The molecule has 2 aromatic heterocycles. The number of aryl methyl sites for hydroxylation is 1. The van der Waals surface area contributed by atoms with Crippen molar-refractivity contribution in [3.05, 3.63) is 35.0 Å². The maximum atomic E-state index is 5.81. The lowest BCUT2D eigenvalue weighted by atomic mass is 10.1. The second kappa shape index (κ2) is 6.10. The van der Waals surface area contributed by atoms with Gasteiger partial charge < -0.3 is 9.15 Å². The summed E-state index contributed by atoms with van der Waals surface area (Å²) in [6.07, 6.45) is 2.62. The molecular formula is C12H17ClN4O2. The van der Waals surface area contributed by atoms with Crippen molar-refractivity contribution in [3.63, 3.8) is 0 Å². The summed E-state index contributed by atoms with van der Waals surface area (Å²) in [5.74, 6) is 6.92. The van der Waals surface area contributed by atoms with Crippen molar-refractivity contribution in [2.45, 2.75) is 25.9 Å². The van der Waals surface area contributed by atoms with Gasteiger partial charge in [-0.2, -0.15) is 5.10 Å². The molecule has 19 heavy (non-hydrogen) atoms. The minimum atomic E-state index is -0.364. The Bertz CT molecular complexity index is 538. The average molecular weight is 285 g/mol. The molecule has 0 bridgehead atoms. The molecule has 1 atom stereocenters. The van der Waals surface area contributed by atoms with Crippen molar-refractivity contribution in [1.29, 1.82) is 0 Å². The molecule has 0 aromatic carbocycles. The van der Waals surface area contributed by atoms with Gasteiger partial charge in [-0.15, -0.1) is 0 Å². The maximum Gasteiger partial charge on any atom is 0.193 e. The molecule has 3 N–H and O–H groups in total. The summed E-state index contributed by atoms with van der Waals surface area (Å²) in [5, 5.41) is 4.61. The molecule has 0 aliphatic rings. The number of furan rings is 1. The van der Waals surface area contributed by atoms with Crippen LogP contribution < -0.4 is 16.0 Å². The van der Waals surface area contributed by atoms with Crippen LogP contribution in [0.4, 0.5) is 0 Å². The van der Waals surface area contributed by atoms with Gasteiger partial charge in [-0.3, -0.25) is 10.5 Å². The van der Waals surface area contributed by atoms with Crippen LogP contribution in [0.25, 0.3) is 0 Å². The third-order valence-corrected chi connectivity index (χ3v) is 3.02. The smallest absolute Gasteiger partial charge is 0.193 e. The van der Waals surface area contributed by atoms with Gasteiger partial charge in [-0.25, -0.2) is 5.43 Å². The molecule has 0 aliphatic heterocycles. The van der Waals surface area contributed by atoms with Crippen molar-refractivity contribution in [2.24, 2.45) is 5.84 Å². The van der Waals surface area contributed by atoms with Crippen molar-refractivity contribution < 1.29 is 9.15 Å². The topological polar surface area (TPSA) is 78.2 Å². The number of hydrogen-bond acceptors (Lipinski definition) is 5. The number of methoxy groups -OCH3 is 1. The summed E-state index contributed by atoms with van der Waals surface area (Å²) < 4.78 is 12.6. The molecule has 6 nitrogen and oxygen atoms in total. The van der Waals surface area contributed by atoms with Crippen LogP contribution in [-0.4, -0.2) is 16.9 Å². The van der Waals surface area contributed by atoms with Gasteiger partial charge >= 0.3 is 0 Å². The molecule has 2 aromatic rings. The van der Waals surface area contributed by atoms with Gasteiger partial charge in [0.15, 0.2) is 11.0 Å². The Kier molecular flexibility index (Phi) is 4.47. The molecule has 2 rings (SSSR count). The molecule has 0 spiro atoms. The average Bonchev–Trinajstić information content (AvgIpc) is 2.99. The molecule has 7 heteroatoms. The second-order valence-electron chi connectivity index (χ2n) is 4.06. The Morgan fingerprint density at radius 2 is 2.37 bits per heavy atom. The Hall–Kier alpha value is -1.50. The zero-order chi connectivity index (χ0) is 13.8. The van der Waals surface area contributed by atoms with Crippen LogP contribution in [-0.2, 0) is 6.54 Å². The van der Waals surface area contributed by atoms with E-state index in [1.165, 1.54) is 0 Å². The third-order valence-electron chi connectivity index (χ3n) is 2.82. The zero-order valence-corrected chi connectivity index (χ0v) is 11.6. The molecule has 0 amide bonds. The lowest BCUT2D eigenvalue weighted by Crippen LogP contribution is -2.30. The normalized spacial score (nSPS) is 12.6. The van der Waals surface area contributed by atoms with E-state index < -0.39 is 0 Å². The fourth-order valence-corrected chi connectivity index (χ4v) is 2.15. The number of hydrazine groups is 1. The zero-order valence-electron chi connectivity index (χ0n) is 10.9. The van der Waals surface area contributed by atoms with Gasteiger partial charge in [-0.1, -0.05) is 6.92 Å². The lowest BCUT2D eigenvalue weighted by molar-refractivity contribution is 0.383. The number of ether oxygens (including phenoxy) is 1. The Morgan fingerprint density at radius 3 is 2.89 bits per heavy atom. The predicted octanol–water partition coefficient (Wildman–Crippen LogP) is 2.10. The minimum Gasteiger partial charge on any atom is -0.493 e. The van der Waals surface area contributed by atoms with Crippen LogP contribution in [0.3, 0.4) is 0 Å². The standard InChI is InChI=1S/C12H17ClN4O2/c1-3-6-17-12(9(18-2)7-15-17)11(16-14)8-4-5-10(13)19-8/h4-5,7,11,16H,3,6,14H2,1-2H3. The van der Waals surface area contributed by atoms with Crippen LogP contribution in [0.15, 0.2) is 22.7 Å².